The van der Waals surface area contributed by atoms with Crippen molar-refractivity contribution < 1.29 is 4.74 Å². The van der Waals surface area contributed by atoms with E-state index < -0.39 is 0 Å². The van der Waals surface area contributed by atoms with Crippen LogP contribution >= 0.6 is 0 Å². The second-order valence-corrected chi connectivity index (χ2v) is 4.51. The number of hydrogen-bond acceptors (Lipinski definition) is 3. The third kappa shape index (κ3) is 3.91. The summed E-state index contributed by atoms with van der Waals surface area (Å²) in [7, 11) is 1.71. The molecule has 0 saturated heterocycles. The number of nitrogens with zero attached hydrogens (tertiary/aromatic N) is 1. The van der Waals surface area contributed by atoms with Crippen LogP contribution in [0.15, 0.2) is 24.3 Å². The summed E-state index contributed by atoms with van der Waals surface area (Å²) in [5.41, 5.74) is 6.88. The Morgan fingerprint density at radius 1 is 1.28 bits per heavy atom. The van der Waals surface area contributed by atoms with E-state index >= 15 is 0 Å². The summed E-state index contributed by atoms with van der Waals surface area (Å²) in [6.07, 6.45) is 3.32. The molecule has 18 heavy (non-hydrogen) atoms. The highest BCUT2D eigenvalue weighted by molar-refractivity contribution is 5.51. The van der Waals surface area contributed by atoms with E-state index in [2.05, 4.69) is 30.9 Å². The summed E-state index contributed by atoms with van der Waals surface area (Å²) in [5, 5.41) is 0. The normalized spacial score (nSPS) is 10.7. The minimum atomic E-state index is 0.573. The van der Waals surface area contributed by atoms with Crippen LogP contribution in [-0.2, 0) is 0 Å². The van der Waals surface area contributed by atoms with Crippen molar-refractivity contribution >= 4 is 5.69 Å². The average molecular weight is 250 g/mol. The molecule has 0 unspecified atom stereocenters. The van der Waals surface area contributed by atoms with Crippen LogP contribution in [0.25, 0.3) is 0 Å². The number of anilines is 1. The smallest absolute Gasteiger partial charge is 0.120 e. The zero-order valence-corrected chi connectivity index (χ0v) is 11.9. The van der Waals surface area contributed by atoms with Crippen LogP contribution in [0.3, 0.4) is 0 Å². The molecule has 3 nitrogen and oxygen atoms in total. The van der Waals surface area contributed by atoms with Crippen molar-refractivity contribution in [3.8, 4) is 5.75 Å². The summed E-state index contributed by atoms with van der Waals surface area (Å²) >= 11 is 0. The van der Waals surface area contributed by atoms with E-state index in [0.29, 0.717) is 6.04 Å². The second-order valence-electron chi connectivity index (χ2n) is 4.51. The van der Waals surface area contributed by atoms with Gasteiger partial charge in [0.1, 0.15) is 5.75 Å². The van der Waals surface area contributed by atoms with Crippen molar-refractivity contribution in [2.45, 2.75) is 39.2 Å². The lowest BCUT2D eigenvalue weighted by Gasteiger charge is -2.33. The van der Waals surface area contributed by atoms with Gasteiger partial charge in [-0.15, -0.1) is 0 Å². The fourth-order valence-corrected chi connectivity index (χ4v) is 2.30. The van der Waals surface area contributed by atoms with Crippen LogP contribution in [0, 0.1) is 0 Å². The lowest BCUT2D eigenvalue weighted by Crippen LogP contribution is -2.36. The van der Waals surface area contributed by atoms with Gasteiger partial charge >= 0.3 is 0 Å². The minimum absolute atomic E-state index is 0.573. The Kier molecular flexibility index (Phi) is 6.58. The largest absolute Gasteiger partial charge is 0.497 e. The maximum absolute atomic E-state index is 5.64. The van der Waals surface area contributed by atoms with E-state index in [1.807, 2.05) is 12.1 Å². The Balaban J connectivity index is 2.92. The van der Waals surface area contributed by atoms with Crippen molar-refractivity contribution in [1.82, 2.24) is 0 Å². The third-order valence-corrected chi connectivity index (χ3v) is 3.37. The molecule has 0 aromatic heterocycles. The fraction of sp³-hybridized carbons (Fsp3) is 0.600. The molecule has 0 saturated carbocycles. The topological polar surface area (TPSA) is 38.5 Å². The van der Waals surface area contributed by atoms with E-state index in [4.69, 9.17) is 10.5 Å². The Bertz CT molecular complexity index is 337. The Labute approximate surface area is 111 Å². The van der Waals surface area contributed by atoms with Crippen LogP contribution in [-0.4, -0.2) is 26.2 Å². The lowest BCUT2D eigenvalue weighted by molar-refractivity contribution is 0.414. The van der Waals surface area contributed by atoms with Gasteiger partial charge in [0.15, 0.2) is 0 Å². The van der Waals surface area contributed by atoms with Crippen LogP contribution < -0.4 is 15.4 Å². The van der Waals surface area contributed by atoms with Crippen LogP contribution in [0.2, 0.25) is 0 Å². The molecule has 102 valence electrons. The first-order valence-corrected chi connectivity index (χ1v) is 6.87. The molecule has 0 fully saturated rings. The maximum atomic E-state index is 5.64. The summed E-state index contributed by atoms with van der Waals surface area (Å²) < 4.78 is 5.31. The molecular formula is C15H26N2O. The van der Waals surface area contributed by atoms with Gasteiger partial charge in [-0.2, -0.15) is 0 Å². The minimum Gasteiger partial charge on any atom is -0.497 e. The molecule has 1 rings (SSSR count). The van der Waals surface area contributed by atoms with Crippen molar-refractivity contribution in [2.75, 3.05) is 25.1 Å². The van der Waals surface area contributed by atoms with Gasteiger partial charge in [-0.05, 0) is 37.9 Å². The van der Waals surface area contributed by atoms with Crippen LogP contribution in [0.1, 0.15) is 33.1 Å². The summed E-state index contributed by atoms with van der Waals surface area (Å²) in [6, 6.07) is 8.86. The molecule has 1 aromatic carbocycles. The predicted molar refractivity (Wildman–Crippen MR) is 78.4 cm³/mol. The number of hydrogen-bond donors (Lipinski definition) is 1. The Morgan fingerprint density at radius 2 is 2.00 bits per heavy atom. The molecule has 0 atom stereocenters. The van der Waals surface area contributed by atoms with Gasteiger partial charge in [-0.3, -0.25) is 0 Å². The Hall–Kier alpha value is -1.22. The number of benzene rings is 1. The lowest BCUT2D eigenvalue weighted by atomic mass is 10.1. The molecule has 0 radical (unpaired) electrons. The first-order chi connectivity index (χ1) is 8.76. The molecule has 0 aliphatic rings. The molecule has 0 bridgehead atoms. The van der Waals surface area contributed by atoms with Crippen LogP contribution in [0.4, 0.5) is 5.69 Å². The van der Waals surface area contributed by atoms with E-state index in [1.54, 1.807) is 7.11 Å². The molecule has 0 amide bonds. The zero-order chi connectivity index (χ0) is 13.4. The van der Waals surface area contributed by atoms with E-state index in [1.165, 1.54) is 5.69 Å². The highest BCUT2D eigenvalue weighted by Crippen LogP contribution is 2.25. The summed E-state index contributed by atoms with van der Waals surface area (Å²) in [5.74, 6) is 0.913. The summed E-state index contributed by atoms with van der Waals surface area (Å²) in [6.45, 7) is 6.23. The first kappa shape index (κ1) is 14.8. The van der Waals surface area contributed by atoms with Gasteiger partial charge in [0.25, 0.3) is 0 Å². The van der Waals surface area contributed by atoms with E-state index in [9.17, 15) is 0 Å². The second kappa shape index (κ2) is 7.98. The van der Waals surface area contributed by atoms with Gasteiger partial charge in [-0.25, -0.2) is 0 Å². The molecule has 0 heterocycles. The summed E-state index contributed by atoms with van der Waals surface area (Å²) in [4.78, 5) is 2.45. The highest BCUT2D eigenvalue weighted by atomic mass is 16.5. The van der Waals surface area contributed by atoms with Gasteiger partial charge in [0.05, 0.1) is 7.11 Å². The molecule has 0 spiro atoms. The van der Waals surface area contributed by atoms with Gasteiger partial charge in [0, 0.05) is 24.3 Å². The average Bonchev–Trinajstić information content (AvgIpc) is 2.43. The van der Waals surface area contributed by atoms with Gasteiger partial charge in [-0.1, -0.05) is 19.9 Å². The first-order valence-electron chi connectivity index (χ1n) is 6.87. The van der Waals surface area contributed by atoms with Crippen molar-refractivity contribution in [2.24, 2.45) is 5.73 Å². The van der Waals surface area contributed by atoms with Crippen molar-refractivity contribution in [3.63, 3.8) is 0 Å². The number of ether oxygens (including phenoxy) is 1. The SMILES string of the molecule is CCC(CC)N(CCCN)c1cccc(OC)c1. The highest BCUT2D eigenvalue weighted by Gasteiger charge is 2.15. The standard InChI is InChI=1S/C15H26N2O/c1-4-13(5-2)17(11-7-10-16)14-8-6-9-15(12-14)18-3/h6,8-9,12-13H,4-5,7,10-11,16H2,1-3H3. The Morgan fingerprint density at radius 3 is 2.56 bits per heavy atom. The van der Waals surface area contributed by atoms with Gasteiger partial charge in [0.2, 0.25) is 0 Å². The quantitative estimate of drug-likeness (QED) is 0.770. The van der Waals surface area contributed by atoms with Crippen LogP contribution in [0.5, 0.6) is 5.75 Å². The molecule has 2 N–H and O–H groups in total. The molecule has 3 heteroatoms. The van der Waals surface area contributed by atoms with E-state index in [0.717, 1.165) is 38.1 Å². The molecular weight excluding hydrogens is 224 g/mol. The predicted octanol–water partition coefficient (Wildman–Crippen LogP) is 3.04. The number of rotatable bonds is 8. The maximum Gasteiger partial charge on any atom is 0.120 e. The number of methoxy groups -OCH3 is 1. The van der Waals surface area contributed by atoms with E-state index in [-0.39, 0.29) is 0 Å². The zero-order valence-electron chi connectivity index (χ0n) is 11.9. The van der Waals surface area contributed by atoms with Gasteiger partial charge < -0.3 is 15.4 Å². The molecule has 1 aromatic rings. The van der Waals surface area contributed by atoms with Crippen molar-refractivity contribution in [1.29, 1.82) is 0 Å². The number of nitrogens with two attached hydrogens (primary N) is 1. The monoisotopic (exact) mass is 250 g/mol. The molecule has 0 aliphatic heterocycles. The fourth-order valence-electron chi connectivity index (χ4n) is 2.30. The van der Waals surface area contributed by atoms with Crippen molar-refractivity contribution in [3.05, 3.63) is 24.3 Å². The third-order valence-electron chi connectivity index (χ3n) is 3.37. The molecule has 0 aliphatic carbocycles.